The highest BCUT2D eigenvalue weighted by molar-refractivity contribution is 7.92. The zero-order valence-electron chi connectivity index (χ0n) is 23.8. The van der Waals surface area contributed by atoms with Crippen LogP contribution in [0.4, 0.5) is 5.69 Å². The van der Waals surface area contributed by atoms with Gasteiger partial charge in [-0.15, -0.1) is 0 Å². The summed E-state index contributed by atoms with van der Waals surface area (Å²) in [5.41, 5.74) is 1.03. The van der Waals surface area contributed by atoms with Gasteiger partial charge in [0.05, 0.1) is 24.8 Å². The molecule has 41 heavy (non-hydrogen) atoms. The number of nitrogens with zero attached hydrogens (tertiary/aromatic N) is 2. The summed E-state index contributed by atoms with van der Waals surface area (Å²) in [6.07, 6.45) is 0.721. The van der Waals surface area contributed by atoms with Crippen molar-refractivity contribution < 1.29 is 27.5 Å². The lowest BCUT2D eigenvalue weighted by atomic mass is 10.1. The molecule has 3 rings (SSSR count). The fourth-order valence-electron chi connectivity index (χ4n) is 4.07. The molecular weight excluding hydrogens is 566 g/mol. The van der Waals surface area contributed by atoms with Crippen LogP contribution in [0.1, 0.15) is 32.8 Å². The zero-order chi connectivity index (χ0) is 30.2. The summed E-state index contributed by atoms with van der Waals surface area (Å²) >= 11 is 6.08. The molecule has 2 unspecified atom stereocenters. The molecular formula is C30H36ClN3O6S. The van der Waals surface area contributed by atoms with Gasteiger partial charge in [-0.2, -0.15) is 0 Å². The Labute approximate surface area is 247 Å². The van der Waals surface area contributed by atoms with Gasteiger partial charge in [-0.25, -0.2) is 8.42 Å². The van der Waals surface area contributed by atoms with E-state index in [1.165, 1.54) is 49.5 Å². The first kappa shape index (κ1) is 31.8. The Balaban J connectivity index is 2.05. The molecule has 0 aliphatic carbocycles. The molecule has 0 saturated heterocycles. The minimum absolute atomic E-state index is 0.0883. The van der Waals surface area contributed by atoms with Crippen molar-refractivity contribution in [1.82, 2.24) is 10.2 Å². The number of anilines is 1. The second-order valence-corrected chi connectivity index (χ2v) is 11.8. The lowest BCUT2D eigenvalue weighted by Gasteiger charge is -2.32. The Hall–Kier alpha value is -3.76. The third kappa shape index (κ3) is 7.92. The van der Waals surface area contributed by atoms with Gasteiger partial charge in [0.1, 0.15) is 12.6 Å². The van der Waals surface area contributed by atoms with Gasteiger partial charge < -0.3 is 19.7 Å². The number of sulfonamides is 1. The van der Waals surface area contributed by atoms with E-state index in [2.05, 4.69) is 5.32 Å². The molecule has 0 aromatic heterocycles. The van der Waals surface area contributed by atoms with Crippen molar-refractivity contribution in [3.63, 3.8) is 0 Å². The summed E-state index contributed by atoms with van der Waals surface area (Å²) in [6, 6.07) is 18.6. The van der Waals surface area contributed by atoms with Gasteiger partial charge in [0, 0.05) is 23.7 Å². The van der Waals surface area contributed by atoms with E-state index in [9.17, 15) is 18.0 Å². The fraction of sp³-hybridized carbons (Fsp3) is 0.333. The number of rotatable bonds is 13. The number of ether oxygens (including phenoxy) is 2. The smallest absolute Gasteiger partial charge is 0.264 e. The molecule has 0 aliphatic rings. The van der Waals surface area contributed by atoms with E-state index in [1.54, 1.807) is 19.1 Å². The largest absolute Gasteiger partial charge is 0.493 e. The van der Waals surface area contributed by atoms with Crippen molar-refractivity contribution in [2.45, 2.75) is 50.7 Å². The second kappa shape index (κ2) is 14.2. The number of hydrogen-bond donors (Lipinski definition) is 1. The highest BCUT2D eigenvalue weighted by Crippen LogP contribution is 2.32. The molecule has 11 heteroatoms. The van der Waals surface area contributed by atoms with Crippen molar-refractivity contribution in [3.8, 4) is 11.5 Å². The molecule has 2 atom stereocenters. The van der Waals surface area contributed by atoms with Crippen LogP contribution in [0, 0.1) is 0 Å². The molecule has 0 spiro atoms. The van der Waals surface area contributed by atoms with Crippen LogP contribution in [0.15, 0.2) is 77.7 Å². The van der Waals surface area contributed by atoms with Crippen molar-refractivity contribution in [2.24, 2.45) is 0 Å². The van der Waals surface area contributed by atoms with Crippen LogP contribution in [0.2, 0.25) is 5.02 Å². The Bertz CT molecular complexity index is 1430. The van der Waals surface area contributed by atoms with Crippen molar-refractivity contribution in [1.29, 1.82) is 0 Å². The van der Waals surface area contributed by atoms with E-state index in [0.29, 0.717) is 10.8 Å². The molecule has 220 valence electrons. The number of carbonyl (C=O) groups excluding carboxylic acids is 2. The zero-order valence-corrected chi connectivity index (χ0v) is 25.4. The number of benzene rings is 3. The monoisotopic (exact) mass is 601 g/mol. The van der Waals surface area contributed by atoms with Crippen molar-refractivity contribution in [3.05, 3.63) is 83.4 Å². The van der Waals surface area contributed by atoms with Crippen LogP contribution in [0.5, 0.6) is 11.5 Å². The number of carbonyl (C=O) groups is 2. The average molecular weight is 602 g/mol. The number of amides is 2. The average Bonchev–Trinajstić information content (AvgIpc) is 2.98. The molecule has 9 nitrogen and oxygen atoms in total. The van der Waals surface area contributed by atoms with Crippen molar-refractivity contribution >= 4 is 39.1 Å². The van der Waals surface area contributed by atoms with Crippen LogP contribution in [-0.2, 0) is 26.2 Å². The van der Waals surface area contributed by atoms with Gasteiger partial charge in [-0.1, -0.05) is 48.9 Å². The van der Waals surface area contributed by atoms with Crippen LogP contribution >= 0.6 is 11.6 Å². The first-order chi connectivity index (χ1) is 19.5. The predicted octanol–water partition coefficient (Wildman–Crippen LogP) is 4.88. The summed E-state index contributed by atoms with van der Waals surface area (Å²) in [6.45, 7) is 5.01. The summed E-state index contributed by atoms with van der Waals surface area (Å²) in [5.74, 6) is -0.308. The molecule has 0 saturated carbocycles. The van der Waals surface area contributed by atoms with Crippen LogP contribution in [0.3, 0.4) is 0 Å². The van der Waals surface area contributed by atoms with E-state index < -0.39 is 28.5 Å². The van der Waals surface area contributed by atoms with Gasteiger partial charge in [0.25, 0.3) is 10.0 Å². The molecule has 0 radical (unpaired) electrons. The van der Waals surface area contributed by atoms with Crippen LogP contribution < -0.4 is 19.1 Å². The summed E-state index contributed by atoms with van der Waals surface area (Å²) in [7, 11) is -1.43. The summed E-state index contributed by atoms with van der Waals surface area (Å²) in [4.78, 5) is 28.4. The summed E-state index contributed by atoms with van der Waals surface area (Å²) < 4.78 is 39.6. The molecule has 1 N–H and O–H groups in total. The Kier molecular flexibility index (Phi) is 11.0. The number of nitrogens with one attached hydrogen (secondary N) is 1. The topological polar surface area (TPSA) is 105 Å². The highest BCUT2D eigenvalue weighted by Gasteiger charge is 2.33. The molecule has 0 heterocycles. The third-order valence-electron chi connectivity index (χ3n) is 6.70. The van der Waals surface area contributed by atoms with Gasteiger partial charge in [0.2, 0.25) is 11.8 Å². The van der Waals surface area contributed by atoms with Gasteiger partial charge >= 0.3 is 0 Å². The minimum atomic E-state index is -4.29. The maximum atomic E-state index is 14.0. The fourth-order valence-corrected chi connectivity index (χ4v) is 5.62. The van der Waals surface area contributed by atoms with Crippen LogP contribution in [-0.4, -0.2) is 58.0 Å². The maximum absolute atomic E-state index is 14.0. The first-order valence-corrected chi connectivity index (χ1v) is 15.0. The van der Waals surface area contributed by atoms with Gasteiger partial charge in [-0.05, 0) is 62.2 Å². The standard InChI is InChI=1S/C30H36ClN3O6S/c1-6-21(2)32-30(36)22(3)33(19-23-10-8-7-9-11-23)29(35)20-34(25-14-12-24(31)13-15-25)41(37,38)26-16-17-27(39-4)28(18-26)40-5/h7-18,21-22H,6,19-20H2,1-5H3,(H,32,36). The highest BCUT2D eigenvalue weighted by atomic mass is 35.5. The third-order valence-corrected chi connectivity index (χ3v) is 8.72. The van der Waals surface area contributed by atoms with E-state index in [4.69, 9.17) is 21.1 Å². The van der Waals surface area contributed by atoms with Gasteiger partial charge in [-0.3, -0.25) is 13.9 Å². The molecule has 3 aromatic carbocycles. The lowest BCUT2D eigenvalue weighted by Crippen LogP contribution is -2.52. The predicted molar refractivity (Wildman–Crippen MR) is 160 cm³/mol. The SMILES string of the molecule is CCC(C)NC(=O)C(C)N(Cc1ccccc1)C(=O)CN(c1ccc(Cl)cc1)S(=O)(=O)c1ccc(OC)c(OC)c1. The van der Waals surface area contributed by atoms with E-state index >= 15 is 0 Å². The molecule has 3 aromatic rings. The van der Waals surface area contributed by atoms with E-state index in [0.717, 1.165) is 16.3 Å². The second-order valence-electron chi connectivity index (χ2n) is 9.51. The number of methoxy groups -OCH3 is 2. The Morgan fingerprint density at radius 1 is 0.927 bits per heavy atom. The Morgan fingerprint density at radius 3 is 2.15 bits per heavy atom. The maximum Gasteiger partial charge on any atom is 0.264 e. The van der Waals surface area contributed by atoms with E-state index in [1.807, 2.05) is 44.2 Å². The number of hydrogen-bond acceptors (Lipinski definition) is 6. The molecule has 2 amide bonds. The van der Waals surface area contributed by atoms with Crippen LogP contribution in [0.25, 0.3) is 0 Å². The molecule has 0 aliphatic heterocycles. The number of halogens is 1. The Morgan fingerprint density at radius 2 is 1.56 bits per heavy atom. The first-order valence-electron chi connectivity index (χ1n) is 13.2. The summed E-state index contributed by atoms with van der Waals surface area (Å²) in [5, 5.41) is 3.32. The molecule has 0 fully saturated rings. The quantitative estimate of drug-likeness (QED) is 0.299. The minimum Gasteiger partial charge on any atom is -0.493 e. The molecule has 0 bridgehead atoms. The lowest BCUT2D eigenvalue weighted by molar-refractivity contribution is -0.139. The van der Waals surface area contributed by atoms with Gasteiger partial charge in [0.15, 0.2) is 11.5 Å². The van der Waals surface area contributed by atoms with Crippen molar-refractivity contribution in [2.75, 3.05) is 25.1 Å². The van der Waals surface area contributed by atoms with E-state index in [-0.39, 0.29) is 34.8 Å². The normalized spacial score (nSPS) is 12.6.